The van der Waals surface area contributed by atoms with E-state index in [1.165, 1.54) is 11.1 Å². The van der Waals surface area contributed by atoms with Crippen molar-refractivity contribution in [2.45, 2.75) is 19.4 Å². The largest absolute Gasteiger partial charge is 0.493 e. The maximum Gasteiger partial charge on any atom is 0.122 e. The molecule has 0 spiro atoms. The molecule has 3 nitrogen and oxygen atoms in total. The van der Waals surface area contributed by atoms with Crippen LogP contribution in [0.1, 0.15) is 24.1 Å². The molecule has 1 unspecified atom stereocenters. The number of nitrogens with one attached hydrogen (secondary N) is 1. The molecule has 0 fully saturated rings. The maximum absolute atomic E-state index is 5.79. The monoisotopic (exact) mass is 230 g/mol. The van der Waals surface area contributed by atoms with Gasteiger partial charge in [0.25, 0.3) is 0 Å². The Labute approximate surface area is 102 Å². The van der Waals surface area contributed by atoms with E-state index in [0.29, 0.717) is 13.1 Å². The lowest BCUT2D eigenvalue weighted by molar-refractivity contribution is 0.356. The normalized spacial score (nSPS) is 14.5. The summed E-state index contributed by atoms with van der Waals surface area (Å²) in [4.78, 5) is 0. The summed E-state index contributed by atoms with van der Waals surface area (Å²) in [7, 11) is 0. The zero-order chi connectivity index (χ0) is 12.1. The summed E-state index contributed by atoms with van der Waals surface area (Å²) in [6, 6.07) is 6.47. The van der Waals surface area contributed by atoms with Crippen molar-refractivity contribution < 1.29 is 4.74 Å². The van der Waals surface area contributed by atoms with E-state index in [1.807, 2.05) is 13.0 Å². The highest BCUT2D eigenvalue weighted by Gasteiger charge is 2.15. The van der Waals surface area contributed by atoms with Gasteiger partial charge in [-0.25, -0.2) is 0 Å². The van der Waals surface area contributed by atoms with Crippen LogP contribution in [-0.4, -0.2) is 19.7 Å². The lowest BCUT2D eigenvalue weighted by Crippen LogP contribution is -2.28. The van der Waals surface area contributed by atoms with Gasteiger partial charge in [0, 0.05) is 19.0 Å². The SMILES string of the molecule is CC#CCNC(CN)c1ccc2c(c1)CCO2. The van der Waals surface area contributed by atoms with Crippen molar-refractivity contribution in [2.24, 2.45) is 5.73 Å². The summed E-state index contributed by atoms with van der Waals surface area (Å²) in [5.41, 5.74) is 8.29. The molecule has 0 amide bonds. The molecular weight excluding hydrogens is 212 g/mol. The Morgan fingerprint density at radius 2 is 2.41 bits per heavy atom. The van der Waals surface area contributed by atoms with Gasteiger partial charge >= 0.3 is 0 Å². The van der Waals surface area contributed by atoms with Crippen LogP contribution in [0, 0.1) is 11.8 Å². The summed E-state index contributed by atoms with van der Waals surface area (Å²) in [5, 5.41) is 3.34. The summed E-state index contributed by atoms with van der Waals surface area (Å²) in [5.74, 6) is 6.87. The Bertz CT molecular complexity index is 445. The standard InChI is InChI=1S/C14H18N2O/c1-2-3-7-16-13(10-15)11-4-5-14-12(9-11)6-8-17-14/h4-5,9,13,16H,6-8,10,15H2,1H3. The molecule has 1 heterocycles. The Hall–Kier alpha value is -1.50. The third-order valence-electron chi connectivity index (χ3n) is 2.97. The average molecular weight is 230 g/mol. The molecule has 2 rings (SSSR count). The molecule has 0 saturated heterocycles. The van der Waals surface area contributed by atoms with E-state index < -0.39 is 0 Å². The minimum absolute atomic E-state index is 0.168. The van der Waals surface area contributed by atoms with Gasteiger partial charge in [-0.3, -0.25) is 5.32 Å². The minimum Gasteiger partial charge on any atom is -0.493 e. The number of hydrogen-bond donors (Lipinski definition) is 2. The van der Waals surface area contributed by atoms with E-state index in [9.17, 15) is 0 Å². The molecule has 3 heteroatoms. The van der Waals surface area contributed by atoms with Crippen molar-refractivity contribution in [1.29, 1.82) is 0 Å². The van der Waals surface area contributed by atoms with Crippen LogP contribution in [0.15, 0.2) is 18.2 Å². The lowest BCUT2D eigenvalue weighted by atomic mass is 10.0. The van der Waals surface area contributed by atoms with Gasteiger partial charge in [0.05, 0.1) is 13.2 Å². The van der Waals surface area contributed by atoms with Crippen LogP contribution < -0.4 is 15.8 Å². The molecule has 1 aromatic rings. The fourth-order valence-electron chi connectivity index (χ4n) is 2.02. The molecule has 1 aromatic carbocycles. The van der Waals surface area contributed by atoms with Gasteiger partial charge in [0.1, 0.15) is 5.75 Å². The topological polar surface area (TPSA) is 47.3 Å². The summed E-state index contributed by atoms with van der Waals surface area (Å²) < 4.78 is 5.49. The van der Waals surface area contributed by atoms with Gasteiger partial charge in [-0.1, -0.05) is 18.1 Å². The first-order valence-corrected chi connectivity index (χ1v) is 5.94. The molecule has 1 aliphatic heterocycles. The van der Waals surface area contributed by atoms with E-state index in [1.54, 1.807) is 0 Å². The van der Waals surface area contributed by atoms with Crippen molar-refractivity contribution in [1.82, 2.24) is 5.32 Å². The maximum atomic E-state index is 5.79. The Morgan fingerprint density at radius 3 is 3.18 bits per heavy atom. The van der Waals surface area contributed by atoms with Crippen LogP contribution in [0.2, 0.25) is 0 Å². The second-order valence-electron chi connectivity index (χ2n) is 4.06. The minimum atomic E-state index is 0.168. The Balaban J connectivity index is 2.10. The lowest BCUT2D eigenvalue weighted by Gasteiger charge is -2.16. The highest BCUT2D eigenvalue weighted by atomic mass is 16.5. The molecule has 0 saturated carbocycles. The molecule has 3 N–H and O–H groups in total. The van der Waals surface area contributed by atoms with Crippen molar-refractivity contribution >= 4 is 0 Å². The Morgan fingerprint density at radius 1 is 1.53 bits per heavy atom. The second kappa shape index (κ2) is 5.72. The molecule has 0 bridgehead atoms. The first-order valence-electron chi connectivity index (χ1n) is 5.94. The van der Waals surface area contributed by atoms with E-state index in [2.05, 4.69) is 29.3 Å². The van der Waals surface area contributed by atoms with Gasteiger partial charge < -0.3 is 10.5 Å². The predicted octanol–water partition coefficient (Wildman–Crippen LogP) is 1.23. The number of rotatable bonds is 4. The van der Waals surface area contributed by atoms with Crippen LogP contribution in [0.3, 0.4) is 0 Å². The summed E-state index contributed by atoms with van der Waals surface area (Å²) in [6.07, 6.45) is 0.995. The first kappa shape index (κ1) is 12.0. The quantitative estimate of drug-likeness (QED) is 0.765. The molecule has 90 valence electrons. The van der Waals surface area contributed by atoms with Crippen LogP contribution in [-0.2, 0) is 6.42 Å². The predicted molar refractivity (Wildman–Crippen MR) is 68.9 cm³/mol. The number of hydrogen-bond acceptors (Lipinski definition) is 3. The zero-order valence-corrected chi connectivity index (χ0v) is 10.1. The van der Waals surface area contributed by atoms with E-state index in [0.717, 1.165) is 18.8 Å². The molecule has 1 atom stereocenters. The highest BCUT2D eigenvalue weighted by Crippen LogP contribution is 2.27. The highest BCUT2D eigenvalue weighted by molar-refractivity contribution is 5.40. The number of nitrogens with two attached hydrogens (primary N) is 1. The third-order valence-corrected chi connectivity index (χ3v) is 2.97. The summed E-state index contributed by atoms with van der Waals surface area (Å²) in [6.45, 7) is 3.88. The fourth-order valence-corrected chi connectivity index (χ4v) is 2.02. The van der Waals surface area contributed by atoms with Crippen molar-refractivity contribution in [3.8, 4) is 17.6 Å². The van der Waals surface area contributed by atoms with E-state index in [-0.39, 0.29) is 6.04 Å². The molecule has 0 aromatic heterocycles. The Kier molecular flexibility index (Phi) is 4.03. The molecule has 0 aliphatic carbocycles. The van der Waals surface area contributed by atoms with Crippen LogP contribution in [0.4, 0.5) is 0 Å². The first-order chi connectivity index (χ1) is 8.35. The van der Waals surface area contributed by atoms with Crippen LogP contribution >= 0.6 is 0 Å². The molecule has 0 radical (unpaired) electrons. The van der Waals surface area contributed by atoms with Crippen molar-refractivity contribution in [3.63, 3.8) is 0 Å². The smallest absolute Gasteiger partial charge is 0.122 e. The van der Waals surface area contributed by atoms with Gasteiger partial charge in [0.15, 0.2) is 0 Å². The van der Waals surface area contributed by atoms with Crippen LogP contribution in [0.5, 0.6) is 5.75 Å². The molecule has 1 aliphatic rings. The van der Waals surface area contributed by atoms with Crippen LogP contribution in [0.25, 0.3) is 0 Å². The van der Waals surface area contributed by atoms with Crippen molar-refractivity contribution in [2.75, 3.05) is 19.7 Å². The number of fused-ring (bicyclic) bond motifs is 1. The fraction of sp³-hybridized carbons (Fsp3) is 0.429. The van der Waals surface area contributed by atoms with Gasteiger partial charge in [-0.05, 0) is 24.1 Å². The van der Waals surface area contributed by atoms with Gasteiger partial charge in [-0.15, -0.1) is 5.92 Å². The second-order valence-corrected chi connectivity index (χ2v) is 4.06. The summed E-state index contributed by atoms with van der Waals surface area (Å²) >= 11 is 0. The zero-order valence-electron chi connectivity index (χ0n) is 10.1. The molecular formula is C14H18N2O. The molecule has 17 heavy (non-hydrogen) atoms. The van der Waals surface area contributed by atoms with Crippen molar-refractivity contribution in [3.05, 3.63) is 29.3 Å². The van der Waals surface area contributed by atoms with Gasteiger partial charge in [0.2, 0.25) is 0 Å². The van der Waals surface area contributed by atoms with Gasteiger partial charge in [-0.2, -0.15) is 0 Å². The van der Waals surface area contributed by atoms with E-state index in [4.69, 9.17) is 10.5 Å². The third kappa shape index (κ3) is 2.79. The average Bonchev–Trinajstić information content (AvgIpc) is 2.82. The van der Waals surface area contributed by atoms with E-state index >= 15 is 0 Å². The number of ether oxygens (including phenoxy) is 1. The number of benzene rings is 1.